The van der Waals surface area contributed by atoms with Crippen LogP contribution in [0.15, 0.2) is 17.0 Å². The Kier molecular flexibility index (Phi) is 3.82. The third-order valence-electron chi connectivity index (χ3n) is 2.81. The van der Waals surface area contributed by atoms with Crippen LogP contribution in [0.1, 0.15) is 37.6 Å². The van der Waals surface area contributed by atoms with Crippen LogP contribution in [0.3, 0.4) is 0 Å². The molecule has 2 aromatic rings. The highest BCUT2D eigenvalue weighted by Gasteiger charge is 2.14. The van der Waals surface area contributed by atoms with E-state index >= 15 is 0 Å². The summed E-state index contributed by atoms with van der Waals surface area (Å²) in [4.78, 5) is 0. The third kappa shape index (κ3) is 3.17. The van der Waals surface area contributed by atoms with Crippen LogP contribution in [0, 0.1) is 6.92 Å². The number of aryl methyl sites for hydroxylation is 1. The van der Waals surface area contributed by atoms with E-state index in [1.807, 2.05) is 10.9 Å². The largest absolute Gasteiger partial charge is 0.307 e. The van der Waals surface area contributed by atoms with Crippen molar-refractivity contribution in [2.45, 2.75) is 46.3 Å². The number of nitrogens with one attached hydrogen (secondary N) is 1. The van der Waals surface area contributed by atoms with E-state index in [4.69, 9.17) is 0 Å². The molecule has 4 nitrogen and oxygen atoms in total. The lowest BCUT2D eigenvalue weighted by molar-refractivity contribution is 0.347. The van der Waals surface area contributed by atoms with Gasteiger partial charge in [-0.05, 0) is 49.6 Å². The van der Waals surface area contributed by atoms with Gasteiger partial charge in [0.2, 0.25) is 0 Å². The maximum Gasteiger partial charge on any atom is 0.0965 e. The molecule has 2 heterocycles. The monoisotopic (exact) mass is 264 g/mol. The van der Waals surface area contributed by atoms with Gasteiger partial charge in [0.1, 0.15) is 0 Å². The van der Waals surface area contributed by atoms with Gasteiger partial charge in [0, 0.05) is 13.1 Å². The van der Waals surface area contributed by atoms with E-state index in [-0.39, 0.29) is 5.54 Å². The predicted molar refractivity (Wildman–Crippen MR) is 74.6 cm³/mol. The normalized spacial score (nSPS) is 12.0. The van der Waals surface area contributed by atoms with Crippen molar-refractivity contribution < 1.29 is 0 Å². The second kappa shape index (κ2) is 5.20. The summed E-state index contributed by atoms with van der Waals surface area (Å²) < 4.78 is 1.90. The topological polar surface area (TPSA) is 42.7 Å². The molecule has 18 heavy (non-hydrogen) atoms. The maximum atomic E-state index is 4.18. The van der Waals surface area contributed by atoms with Crippen LogP contribution in [-0.4, -0.2) is 15.0 Å². The number of thiophene rings is 1. The zero-order chi connectivity index (χ0) is 13.2. The lowest BCUT2D eigenvalue weighted by atomic mass is 10.1. The van der Waals surface area contributed by atoms with Crippen molar-refractivity contribution in [2.75, 3.05) is 0 Å². The molecule has 1 N–H and O–H groups in total. The van der Waals surface area contributed by atoms with Crippen LogP contribution < -0.4 is 5.32 Å². The van der Waals surface area contributed by atoms with Crippen LogP contribution in [0.5, 0.6) is 0 Å². The van der Waals surface area contributed by atoms with E-state index in [1.165, 1.54) is 11.1 Å². The van der Waals surface area contributed by atoms with E-state index in [1.54, 1.807) is 11.3 Å². The fourth-order valence-corrected chi connectivity index (χ4v) is 2.46. The summed E-state index contributed by atoms with van der Waals surface area (Å²) in [5.41, 5.74) is 3.70. The molecule has 0 saturated heterocycles. The second-order valence-corrected chi connectivity index (χ2v) is 6.25. The Bertz CT molecular complexity index is 507. The molecule has 0 aliphatic heterocycles. The summed E-state index contributed by atoms with van der Waals surface area (Å²) in [6, 6.07) is 0. The zero-order valence-corrected chi connectivity index (χ0v) is 12.2. The molecule has 0 amide bonds. The minimum absolute atomic E-state index is 0.00477. The first kappa shape index (κ1) is 13.2. The van der Waals surface area contributed by atoms with Gasteiger partial charge in [-0.25, -0.2) is 4.68 Å². The van der Waals surface area contributed by atoms with Crippen LogP contribution in [0.2, 0.25) is 0 Å². The Balaban J connectivity index is 1.88. The zero-order valence-electron chi connectivity index (χ0n) is 11.4. The molecule has 2 rings (SSSR count). The molecule has 0 unspecified atom stereocenters. The molecule has 0 fully saturated rings. The summed E-state index contributed by atoms with van der Waals surface area (Å²) >= 11 is 1.75. The molecule has 0 aliphatic carbocycles. The van der Waals surface area contributed by atoms with Crippen molar-refractivity contribution in [1.82, 2.24) is 20.3 Å². The Morgan fingerprint density at radius 2 is 2.06 bits per heavy atom. The molecular weight excluding hydrogens is 244 g/mol. The summed E-state index contributed by atoms with van der Waals surface area (Å²) in [5, 5.41) is 16.1. The van der Waals surface area contributed by atoms with E-state index in [9.17, 15) is 0 Å². The van der Waals surface area contributed by atoms with E-state index in [2.05, 4.69) is 54.1 Å². The minimum atomic E-state index is -0.00477. The fourth-order valence-electron chi connectivity index (χ4n) is 1.60. The van der Waals surface area contributed by atoms with Gasteiger partial charge in [0.25, 0.3) is 0 Å². The van der Waals surface area contributed by atoms with Crippen molar-refractivity contribution in [3.8, 4) is 0 Å². The number of aromatic nitrogens is 3. The first-order valence-corrected chi connectivity index (χ1v) is 7.05. The molecule has 2 aromatic heterocycles. The molecular formula is C13H20N4S. The lowest BCUT2D eigenvalue weighted by Crippen LogP contribution is -2.22. The first-order valence-electron chi connectivity index (χ1n) is 6.11. The molecule has 98 valence electrons. The maximum absolute atomic E-state index is 4.18. The summed E-state index contributed by atoms with van der Waals surface area (Å²) in [6.07, 6.45) is 2.01. The fraction of sp³-hybridized carbons (Fsp3) is 0.538. The van der Waals surface area contributed by atoms with Crippen molar-refractivity contribution in [3.63, 3.8) is 0 Å². The first-order chi connectivity index (χ1) is 8.47. The van der Waals surface area contributed by atoms with Crippen LogP contribution in [0.25, 0.3) is 0 Å². The lowest BCUT2D eigenvalue weighted by Gasteiger charge is -2.17. The van der Waals surface area contributed by atoms with E-state index < -0.39 is 0 Å². The highest BCUT2D eigenvalue weighted by molar-refractivity contribution is 7.08. The molecule has 0 aliphatic rings. The van der Waals surface area contributed by atoms with Crippen molar-refractivity contribution in [2.24, 2.45) is 0 Å². The molecule has 0 spiro atoms. The van der Waals surface area contributed by atoms with Crippen molar-refractivity contribution in [3.05, 3.63) is 33.8 Å². The van der Waals surface area contributed by atoms with Gasteiger partial charge >= 0.3 is 0 Å². The van der Waals surface area contributed by atoms with Gasteiger partial charge in [-0.3, -0.25) is 0 Å². The highest BCUT2D eigenvalue weighted by Crippen LogP contribution is 2.14. The quantitative estimate of drug-likeness (QED) is 0.923. The number of nitrogens with zero attached hydrogens (tertiary/aromatic N) is 3. The number of rotatable bonds is 4. The average molecular weight is 264 g/mol. The number of hydrogen-bond donors (Lipinski definition) is 1. The van der Waals surface area contributed by atoms with E-state index in [0.29, 0.717) is 0 Å². The van der Waals surface area contributed by atoms with Crippen LogP contribution >= 0.6 is 11.3 Å². The smallest absolute Gasteiger partial charge is 0.0965 e. The van der Waals surface area contributed by atoms with Crippen LogP contribution in [-0.2, 0) is 18.6 Å². The van der Waals surface area contributed by atoms with Crippen LogP contribution in [0.4, 0.5) is 0 Å². The molecule has 0 bridgehead atoms. The SMILES string of the molecule is Cc1cscc1CNCc1cn(C(C)(C)C)nn1. The van der Waals surface area contributed by atoms with Crippen molar-refractivity contribution >= 4 is 11.3 Å². The van der Waals surface area contributed by atoms with Gasteiger partial charge in [-0.15, -0.1) is 5.10 Å². The Labute approximate surface area is 112 Å². The van der Waals surface area contributed by atoms with Gasteiger partial charge < -0.3 is 5.32 Å². The van der Waals surface area contributed by atoms with Gasteiger partial charge in [0.05, 0.1) is 17.4 Å². The second-order valence-electron chi connectivity index (χ2n) is 5.51. The predicted octanol–water partition coefficient (Wildman–Crippen LogP) is 2.69. The third-order valence-corrected chi connectivity index (χ3v) is 3.72. The van der Waals surface area contributed by atoms with E-state index in [0.717, 1.165) is 18.8 Å². The van der Waals surface area contributed by atoms with Crippen molar-refractivity contribution in [1.29, 1.82) is 0 Å². The molecule has 5 heteroatoms. The number of hydrogen-bond acceptors (Lipinski definition) is 4. The highest BCUT2D eigenvalue weighted by atomic mass is 32.1. The molecule has 0 aromatic carbocycles. The summed E-state index contributed by atoms with van der Waals surface area (Å²) in [5.74, 6) is 0. The van der Waals surface area contributed by atoms with Gasteiger partial charge in [-0.1, -0.05) is 5.21 Å². The Morgan fingerprint density at radius 3 is 2.61 bits per heavy atom. The summed E-state index contributed by atoms with van der Waals surface area (Å²) in [6.45, 7) is 10.1. The minimum Gasteiger partial charge on any atom is -0.307 e. The van der Waals surface area contributed by atoms with Gasteiger partial charge in [-0.2, -0.15) is 11.3 Å². The molecule has 0 saturated carbocycles. The molecule has 0 atom stereocenters. The Morgan fingerprint density at radius 1 is 1.28 bits per heavy atom. The molecule has 0 radical (unpaired) electrons. The Hall–Kier alpha value is -1.20. The van der Waals surface area contributed by atoms with Gasteiger partial charge in [0.15, 0.2) is 0 Å². The average Bonchev–Trinajstić information content (AvgIpc) is 2.88. The standard InChI is InChI=1S/C13H20N4S/c1-10-8-18-9-11(10)5-14-6-12-7-17(16-15-12)13(2,3)4/h7-9,14H,5-6H2,1-4H3. The summed E-state index contributed by atoms with van der Waals surface area (Å²) in [7, 11) is 0.